The number of nitrogens with one attached hydrogen (secondary N) is 1. The number of aliphatic hydroxyl groups excluding tert-OH is 2. The number of nitrogens with zero attached hydrogens (tertiary/aromatic N) is 2. The van der Waals surface area contributed by atoms with E-state index in [4.69, 9.17) is 9.52 Å². The largest absolute Gasteiger partial charge is 0.420 e. The Kier molecular flexibility index (Phi) is 3.96. The van der Waals surface area contributed by atoms with E-state index < -0.39 is 18.5 Å². The second-order valence-electron chi connectivity index (χ2n) is 5.18. The second-order valence-corrected chi connectivity index (χ2v) is 5.18. The Balaban J connectivity index is 2.09. The molecule has 114 valence electrons. The first-order chi connectivity index (χ1) is 10.2. The topological polar surface area (TPSA) is 90.9 Å². The Morgan fingerprint density at radius 1 is 1.33 bits per heavy atom. The fourth-order valence-electron chi connectivity index (χ4n) is 2.70. The summed E-state index contributed by atoms with van der Waals surface area (Å²) in [5.41, 5.74) is 2.10. The van der Waals surface area contributed by atoms with E-state index in [0.29, 0.717) is 11.1 Å². The Bertz CT molecular complexity index is 672. The van der Waals surface area contributed by atoms with Gasteiger partial charge in [0.05, 0.1) is 24.9 Å². The van der Waals surface area contributed by atoms with Gasteiger partial charge in [-0.1, -0.05) is 6.07 Å². The maximum Gasteiger partial charge on any atom is 0.420 e. The molecule has 1 aliphatic heterocycles. The molecule has 1 aromatic carbocycles. The molecule has 1 aliphatic rings. The first-order valence-electron chi connectivity index (χ1n) is 7.07. The molecule has 0 saturated carbocycles. The number of hydrogen-bond acceptors (Lipinski definition) is 6. The van der Waals surface area contributed by atoms with E-state index >= 15 is 0 Å². The van der Waals surface area contributed by atoms with E-state index in [0.717, 1.165) is 31.9 Å². The number of aromatic nitrogens is 1. The zero-order valence-corrected chi connectivity index (χ0v) is 11.7. The van der Waals surface area contributed by atoms with Crippen LogP contribution in [0.15, 0.2) is 27.4 Å². The van der Waals surface area contributed by atoms with Gasteiger partial charge in [-0.25, -0.2) is 4.79 Å². The summed E-state index contributed by atoms with van der Waals surface area (Å²) < 4.78 is 6.64. The molecule has 1 unspecified atom stereocenters. The fourth-order valence-corrected chi connectivity index (χ4v) is 2.70. The number of oxazole rings is 1. The predicted octanol–water partition coefficient (Wildman–Crippen LogP) is -0.643. The Hall–Kier alpha value is -1.83. The van der Waals surface area contributed by atoms with Crippen molar-refractivity contribution in [2.75, 3.05) is 37.7 Å². The molecular weight excluding hydrogens is 274 g/mol. The van der Waals surface area contributed by atoms with Crippen molar-refractivity contribution in [3.05, 3.63) is 28.7 Å². The number of rotatable bonds is 4. The molecular formula is C14H19N3O4. The van der Waals surface area contributed by atoms with Gasteiger partial charge in [0, 0.05) is 26.2 Å². The van der Waals surface area contributed by atoms with Gasteiger partial charge in [0.1, 0.15) is 5.52 Å². The third-order valence-corrected chi connectivity index (χ3v) is 3.73. The lowest BCUT2D eigenvalue weighted by Gasteiger charge is -2.30. The molecule has 1 fully saturated rings. The maximum absolute atomic E-state index is 12.0. The van der Waals surface area contributed by atoms with Gasteiger partial charge in [0.2, 0.25) is 0 Å². The van der Waals surface area contributed by atoms with Gasteiger partial charge in [-0.15, -0.1) is 0 Å². The molecule has 0 spiro atoms. The van der Waals surface area contributed by atoms with Crippen molar-refractivity contribution in [3.8, 4) is 0 Å². The average molecular weight is 293 g/mol. The Labute approximate surface area is 121 Å². The molecule has 3 N–H and O–H groups in total. The van der Waals surface area contributed by atoms with Gasteiger partial charge in [0.25, 0.3) is 0 Å². The van der Waals surface area contributed by atoms with E-state index in [-0.39, 0.29) is 6.54 Å². The van der Waals surface area contributed by atoms with Crippen LogP contribution >= 0.6 is 0 Å². The molecule has 1 aromatic heterocycles. The molecule has 2 heterocycles. The van der Waals surface area contributed by atoms with Gasteiger partial charge in [-0.05, 0) is 12.1 Å². The fraction of sp³-hybridized carbons (Fsp3) is 0.500. The normalized spacial score (nSPS) is 17.3. The standard InChI is InChI=1S/C14H19N3O4/c18-9-10(19)8-17-13-11(16-6-4-15-5-7-16)2-1-3-12(13)21-14(17)20/h1-3,10,15,18-19H,4-9H2. The highest BCUT2D eigenvalue weighted by molar-refractivity contribution is 5.87. The van der Waals surface area contributed by atoms with Crippen LogP contribution in [0.3, 0.4) is 0 Å². The summed E-state index contributed by atoms with van der Waals surface area (Å²) in [6, 6.07) is 5.55. The molecule has 0 bridgehead atoms. The van der Waals surface area contributed by atoms with Gasteiger partial charge in [-0.3, -0.25) is 4.57 Å². The zero-order chi connectivity index (χ0) is 14.8. The molecule has 3 rings (SSSR count). The van der Waals surface area contributed by atoms with E-state index in [9.17, 15) is 9.90 Å². The lowest BCUT2D eigenvalue weighted by Crippen LogP contribution is -2.43. The van der Waals surface area contributed by atoms with Crippen LogP contribution in [0.4, 0.5) is 5.69 Å². The number of aliphatic hydroxyl groups is 2. The summed E-state index contributed by atoms with van der Waals surface area (Å²) in [5, 5.41) is 21.9. The van der Waals surface area contributed by atoms with Crippen molar-refractivity contribution in [2.24, 2.45) is 0 Å². The zero-order valence-electron chi connectivity index (χ0n) is 11.7. The quantitative estimate of drug-likeness (QED) is 0.694. The smallest absolute Gasteiger partial charge is 0.408 e. The first-order valence-corrected chi connectivity index (χ1v) is 7.07. The number of benzene rings is 1. The molecule has 1 atom stereocenters. The minimum absolute atomic E-state index is 0.0193. The lowest BCUT2D eigenvalue weighted by atomic mass is 10.2. The van der Waals surface area contributed by atoms with Gasteiger partial charge < -0.3 is 24.8 Å². The van der Waals surface area contributed by atoms with Crippen LogP contribution in [0.25, 0.3) is 11.1 Å². The Morgan fingerprint density at radius 2 is 2.10 bits per heavy atom. The van der Waals surface area contributed by atoms with E-state index in [1.807, 2.05) is 12.1 Å². The van der Waals surface area contributed by atoms with Crippen LogP contribution in [0, 0.1) is 0 Å². The molecule has 21 heavy (non-hydrogen) atoms. The maximum atomic E-state index is 12.0. The van der Waals surface area contributed by atoms with Crippen molar-refractivity contribution >= 4 is 16.8 Å². The minimum atomic E-state index is -0.987. The van der Waals surface area contributed by atoms with Crippen LogP contribution in [-0.2, 0) is 6.54 Å². The monoisotopic (exact) mass is 293 g/mol. The summed E-state index contributed by atoms with van der Waals surface area (Å²) in [5.74, 6) is -0.514. The Morgan fingerprint density at radius 3 is 2.81 bits per heavy atom. The van der Waals surface area contributed by atoms with Gasteiger partial charge in [-0.2, -0.15) is 0 Å². The molecule has 0 aliphatic carbocycles. The highest BCUT2D eigenvalue weighted by Crippen LogP contribution is 2.26. The third-order valence-electron chi connectivity index (χ3n) is 3.73. The summed E-state index contributed by atoms with van der Waals surface area (Å²) in [7, 11) is 0. The summed E-state index contributed by atoms with van der Waals surface area (Å²) in [6.07, 6.45) is -0.987. The average Bonchev–Trinajstić information content (AvgIpc) is 2.84. The van der Waals surface area contributed by atoms with Crippen molar-refractivity contribution in [1.82, 2.24) is 9.88 Å². The van der Waals surface area contributed by atoms with Gasteiger partial charge >= 0.3 is 5.76 Å². The van der Waals surface area contributed by atoms with Crippen LogP contribution in [-0.4, -0.2) is 53.7 Å². The minimum Gasteiger partial charge on any atom is -0.408 e. The first kappa shape index (κ1) is 14.1. The number of hydrogen-bond donors (Lipinski definition) is 3. The highest BCUT2D eigenvalue weighted by Gasteiger charge is 2.20. The molecule has 7 nitrogen and oxygen atoms in total. The summed E-state index contributed by atoms with van der Waals surface area (Å²) >= 11 is 0. The molecule has 7 heteroatoms. The number of para-hydroxylation sites is 1. The highest BCUT2D eigenvalue weighted by atomic mass is 16.4. The number of fused-ring (bicyclic) bond motifs is 1. The number of piperazine rings is 1. The van der Waals surface area contributed by atoms with Crippen molar-refractivity contribution in [3.63, 3.8) is 0 Å². The van der Waals surface area contributed by atoms with Crippen LogP contribution in [0.1, 0.15) is 0 Å². The second kappa shape index (κ2) is 5.88. The van der Waals surface area contributed by atoms with E-state index in [2.05, 4.69) is 10.2 Å². The summed E-state index contributed by atoms with van der Waals surface area (Å²) in [6.45, 7) is 3.10. The number of anilines is 1. The lowest BCUT2D eigenvalue weighted by molar-refractivity contribution is 0.0805. The molecule has 0 radical (unpaired) electrons. The third kappa shape index (κ3) is 2.67. The van der Waals surface area contributed by atoms with Crippen LogP contribution < -0.4 is 16.0 Å². The summed E-state index contributed by atoms with van der Waals surface area (Å²) in [4.78, 5) is 14.2. The van der Waals surface area contributed by atoms with Crippen molar-refractivity contribution < 1.29 is 14.6 Å². The van der Waals surface area contributed by atoms with Crippen LogP contribution in [0.5, 0.6) is 0 Å². The SMILES string of the molecule is O=c1oc2cccc(N3CCNCC3)c2n1CC(O)CO. The van der Waals surface area contributed by atoms with Crippen LogP contribution in [0.2, 0.25) is 0 Å². The van der Waals surface area contributed by atoms with Crippen molar-refractivity contribution in [1.29, 1.82) is 0 Å². The molecule has 0 amide bonds. The van der Waals surface area contributed by atoms with E-state index in [1.54, 1.807) is 6.07 Å². The molecule has 1 saturated heterocycles. The van der Waals surface area contributed by atoms with Gasteiger partial charge in [0.15, 0.2) is 5.58 Å². The van der Waals surface area contributed by atoms with Crippen molar-refractivity contribution in [2.45, 2.75) is 12.6 Å². The predicted molar refractivity (Wildman–Crippen MR) is 78.6 cm³/mol. The molecule has 2 aromatic rings. The van der Waals surface area contributed by atoms with E-state index in [1.165, 1.54) is 4.57 Å².